The molecule has 0 radical (unpaired) electrons. The average molecular weight is 489 g/mol. The van der Waals surface area contributed by atoms with E-state index in [1.165, 1.54) is 11.1 Å². The second-order valence-corrected chi connectivity index (χ2v) is 9.67. The van der Waals surface area contributed by atoms with Crippen molar-refractivity contribution >= 4 is 40.6 Å². The Hall–Kier alpha value is -2.88. The number of anilines is 1. The lowest BCUT2D eigenvalue weighted by Gasteiger charge is -2.17. The van der Waals surface area contributed by atoms with Crippen molar-refractivity contribution in [3.8, 4) is 5.06 Å². The van der Waals surface area contributed by atoms with Crippen LogP contribution in [0.4, 0.5) is 10.5 Å². The summed E-state index contributed by atoms with van der Waals surface area (Å²) in [4.78, 5) is 32.0. The Morgan fingerprint density at radius 3 is 2.73 bits per heavy atom. The minimum absolute atomic E-state index is 0.0791. The van der Waals surface area contributed by atoms with Crippen molar-refractivity contribution in [3.63, 3.8) is 0 Å². The number of thiophene rings is 1. The number of ether oxygens (including phenoxy) is 1. The molecule has 0 fully saturated rings. The van der Waals surface area contributed by atoms with Gasteiger partial charge in [0.25, 0.3) is 0 Å². The Labute approximate surface area is 200 Å². The molecule has 8 nitrogen and oxygen atoms in total. The lowest BCUT2D eigenvalue weighted by Crippen LogP contribution is -2.46. The van der Waals surface area contributed by atoms with Crippen LogP contribution in [0.2, 0.25) is 4.34 Å². The molecule has 174 valence electrons. The SMILES string of the molecule is Cc1cnc(C[C@@H](NC(=O)Oc2ccc(Cl)s2)C(=O)Nc2ccc3c(c2)CCN(C)CC3)o1. The molecule has 0 spiro atoms. The second kappa shape index (κ2) is 10.4. The highest BCUT2D eigenvalue weighted by atomic mass is 35.5. The number of benzene rings is 1. The van der Waals surface area contributed by atoms with Crippen LogP contribution in [0.5, 0.6) is 5.06 Å². The number of carbonyl (C=O) groups excluding carboxylic acids is 2. The van der Waals surface area contributed by atoms with E-state index in [-0.39, 0.29) is 6.42 Å². The van der Waals surface area contributed by atoms with Crippen LogP contribution in [0, 0.1) is 6.92 Å². The average Bonchev–Trinajstić information content (AvgIpc) is 3.32. The number of rotatable bonds is 6. The van der Waals surface area contributed by atoms with Crippen molar-refractivity contribution in [2.75, 3.05) is 25.5 Å². The molecule has 4 rings (SSSR count). The van der Waals surface area contributed by atoms with Gasteiger partial charge >= 0.3 is 6.09 Å². The first-order chi connectivity index (χ1) is 15.9. The van der Waals surface area contributed by atoms with Crippen molar-refractivity contribution in [1.82, 2.24) is 15.2 Å². The number of aryl methyl sites for hydroxylation is 1. The Morgan fingerprint density at radius 1 is 1.24 bits per heavy atom. The van der Waals surface area contributed by atoms with Gasteiger partial charge in [-0.2, -0.15) is 0 Å². The number of nitrogens with zero attached hydrogens (tertiary/aromatic N) is 2. The Kier molecular flexibility index (Phi) is 7.32. The lowest BCUT2D eigenvalue weighted by atomic mass is 10.0. The standard InChI is InChI=1S/C23H25ClN4O4S/c1-14-13-25-20(31-14)12-18(27-23(30)32-21-6-5-19(24)33-21)22(29)26-17-4-3-15-7-9-28(2)10-8-16(15)11-17/h3-6,11,13,18H,7-10,12H2,1-2H3,(H,26,29)(H,27,30)/t18-/m1/s1. The topological polar surface area (TPSA) is 96.7 Å². The molecule has 1 aromatic carbocycles. The van der Waals surface area contributed by atoms with Crippen LogP contribution in [0.25, 0.3) is 0 Å². The van der Waals surface area contributed by atoms with Crippen molar-refractivity contribution in [1.29, 1.82) is 0 Å². The maximum absolute atomic E-state index is 13.1. The number of oxazole rings is 1. The molecule has 0 aliphatic carbocycles. The van der Waals surface area contributed by atoms with Gasteiger partial charge in [-0.15, -0.1) is 0 Å². The predicted octanol–water partition coefficient (Wildman–Crippen LogP) is 4.07. The van der Waals surface area contributed by atoms with Crippen molar-refractivity contribution in [3.05, 3.63) is 63.6 Å². The first kappa shape index (κ1) is 23.3. The third kappa shape index (κ3) is 6.34. The third-order valence-corrected chi connectivity index (χ3v) is 6.51. The lowest BCUT2D eigenvalue weighted by molar-refractivity contribution is -0.118. The van der Waals surface area contributed by atoms with Crippen LogP contribution in [-0.4, -0.2) is 48.1 Å². The van der Waals surface area contributed by atoms with Gasteiger partial charge in [-0.25, -0.2) is 9.78 Å². The van der Waals surface area contributed by atoms with E-state index in [1.54, 1.807) is 25.3 Å². The van der Waals surface area contributed by atoms with Gasteiger partial charge in [0.2, 0.25) is 5.91 Å². The molecule has 0 saturated carbocycles. The molecule has 1 atom stereocenters. The maximum Gasteiger partial charge on any atom is 0.414 e. The van der Waals surface area contributed by atoms with Gasteiger partial charge in [-0.3, -0.25) is 4.79 Å². The molecule has 2 amide bonds. The summed E-state index contributed by atoms with van der Waals surface area (Å²) >= 11 is 7.01. The molecular weight excluding hydrogens is 464 g/mol. The summed E-state index contributed by atoms with van der Waals surface area (Å²) in [5, 5.41) is 5.86. The molecule has 2 aromatic heterocycles. The van der Waals surface area contributed by atoms with Crippen LogP contribution in [0.15, 0.2) is 40.9 Å². The van der Waals surface area contributed by atoms with E-state index in [4.69, 9.17) is 20.8 Å². The molecular formula is C23H25ClN4O4S. The van der Waals surface area contributed by atoms with Crippen LogP contribution in [0.3, 0.4) is 0 Å². The number of likely N-dealkylation sites (N-methyl/N-ethyl adjacent to an activating group) is 1. The number of nitrogens with one attached hydrogen (secondary N) is 2. The fraction of sp³-hybridized carbons (Fsp3) is 0.348. The van der Waals surface area contributed by atoms with Crippen LogP contribution in [-0.2, 0) is 24.1 Å². The molecule has 2 N–H and O–H groups in total. The summed E-state index contributed by atoms with van der Waals surface area (Å²) < 4.78 is 11.3. The van der Waals surface area contributed by atoms with Gasteiger partial charge in [0.05, 0.1) is 17.0 Å². The summed E-state index contributed by atoms with van der Waals surface area (Å²) in [5.74, 6) is 0.575. The molecule has 1 aliphatic heterocycles. The molecule has 0 bridgehead atoms. The number of hydrogen-bond donors (Lipinski definition) is 2. The second-order valence-electron chi connectivity index (χ2n) is 7.99. The predicted molar refractivity (Wildman–Crippen MR) is 127 cm³/mol. The van der Waals surface area contributed by atoms with Gasteiger partial charge in [0.1, 0.15) is 11.8 Å². The molecule has 33 heavy (non-hydrogen) atoms. The highest BCUT2D eigenvalue weighted by molar-refractivity contribution is 7.17. The van der Waals surface area contributed by atoms with Gasteiger partial charge in [-0.05, 0) is 62.2 Å². The highest BCUT2D eigenvalue weighted by Gasteiger charge is 2.25. The molecule has 3 aromatic rings. The first-order valence-electron chi connectivity index (χ1n) is 10.6. The normalized spacial score (nSPS) is 14.8. The minimum atomic E-state index is -0.948. The zero-order chi connectivity index (χ0) is 23.4. The molecule has 0 saturated heterocycles. The summed E-state index contributed by atoms with van der Waals surface area (Å²) in [7, 11) is 2.11. The quantitative estimate of drug-likeness (QED) is 0.543. The number of amides is 2. The van der Waals surface area contributed by atoms with E-state index in [0.717, 1.165) is 37.3 Å². The van der Waals surface area contributed by atoms with Crippen molar-refractivity contribution < 1.29 is 18.7 Å². The Morgan fingerprint density at radius 2 is 2.03 bits per heavy atom. The number of aromatic nitrogens is 1. The van der Waals surface area contributed by atoms with Crippen molar-refractivity contribution in [2.45, 2.75) is 32.2 Å². The molecule has 3 heterocycles. The summed E-state index contributed by atoms with van der Waals surface area (Å²) in [6.45, 7) is 3.75. The van der Waals surface area contributed by atoms with E-state index in [2.05, 4.69) is 33.6 Å². The summed E-state index contributed by atoms with van der Waals surface area (Å²) in [6.07, 6.45) is 2.78. The largest absolute Gasteiger partial charge is 0.446 e. The summed E-state index contributed by atoms with van der Waals surface area (Å²) in [6, 6.07) is 8.22. The Bertz CT molecular complexity index is 1150. The van der Waals surface area contributed by atoms with E-state index >= 15 is 0 Å². The van der Waals surface area contributed by atoms with E-state index in [9.17, 15) is 9.59 Å². The van der Waals surface area contributed by atoms with Crippen LogP contribution >= 0.6 is 22.9 Å². The number of hydrogen-bond acceptors (Lipinski definition) is 7. The van der Waals surface area contributed by atoms with E-state index in [1.807, 2.05) is 12.1 Å². The van der Waals surface area contributed by atoms with Crippen LogP contribution < -0.4 is 15.4 Å². The highest BCUT2D eigenvalue weighted by Crippen LogP contribution is 2.28. The van der Waals surface area contributed by atoms with Gasteiger partial charge < -0.3 is 24.7 Å². The fourth-order valence-corrected chi connectivity index (χ4v) is 4.51. The smallest absolute Gasteiger partial charge is 0.414 e. The number of halogens is 1. The summed E-state index contributed by atoms with van der Waals surface area (Å²) in [5.41, 5.74) is 3.19. The van der Waals surface area contributed by atoms with Gasteiger partial charge in [-0.1, -0.05) is 29.0 Å². The van der Waals surface area contributed by atoms with Crippen LogP contribution in [0.1, 0.15) is 22.8 Å². The van der Waals surface area contributed by atoms with Crippen molar-refractivity contribution in [2.24, 2.45) is 0 Å². The Balaban J connectivity index is 1.47. The van der Waals surface area contributed by atoms with E-state index in [0.29, 0.717) is 26.7 Å². The third-order valence-electron chi connectivity index (χ3n) is 5.40. The minimum Gasteiger partial charge on any atom is -0.446 e. The molecule has 10 heteroatoms. The molecule has 0 unspecified atom stereocenters. The number of carbonyl (C=O) groups is 2. The van der Waals surface area contributed by atoms with E-state index < -0.39 is 18.0 Å². The number of fused-ring (bicyclic) bond motifs is 1. The first-order valence-corrected chi connectivity index (χ1v) is 11.8. The zero-order valence-electron chi connectivity index (χ0n) is 18.4. The molecule has 1 aliphatic rings. The monoisotopic (exact) mass is 488 g/mol. The maximum atomic E-state index is 13.1. The van der Waals surface area contributed by atoms with Gasteiger partial charge in [0.15, 0.2) is 11.0 Å². The zero-order valence-corrected chi connectivity index (χ0v) is 20.0. The fourth-order valence-electron chi connectivity index (χ4n) is 3.64. The van der Waals surface area contributed by atoms with Gasteiger partial charge in [0, 0.05) is 18.8 Å².